The standard InChI is InChI=1S/C17H23N3O2S/c1-2-4-16(5-3-1)22-13-17-19-15(14-23-17)12-18-6-7-20-8-10-21-11-9-20/h1-5,14,18H,6-13H2. The van der Waals surface area contributed by atoms with Gasteiger partial charge in [0.05, 0.1) is 18.9 Å². The van der Waals surface area contributed by atoms with E-state index in [-0.39, 0.29) is 0 Å². The number of aromatic nitrogens is 1. The molecule has 0 saturated carbocycles. The van der Waals surface area contributed by atoms with Crippen LogP contribution in [0.4, 0.5) is 0 Å². The summed E-state index contributed by atoms with van der Waals surface area (Å²) in [4.78, 5) is 7.03. The first-order chi connectivity index (χ1) is 11.4. The van der Waals surface area contributed by atoms with Crippen LogP contribution in [-0.2, 0) is 17.9 Å². The van der Waals surface area contributed by atoms with Crippen LogP contribution in [0.25, 0.3) is 0 Å². The number of rotatable bonds is 8. The van der Waals surface area contributed by atoms with Gasteiger partial charge in [-0.15, -0.1) is 11.3 Å². The van der Waals surface area contributed by atoms with Crippen LogP contribution in [0.5, 0.6) is 5.75 Å². The third-order valence-electron chi connectivity index (χ3n) is 3.72. The number of ether oxygens (including phenoxy) is 2. The molecule has 124 valence electrons. The summed E-state index contributed by atoms with van der Waals surface area (Å²) in [6.07, 6.45) is 0. The Morgan fingerprint density at radius 2 is 2.04 bits per heavy atom. The highest BCUT2D eigenvalue weighted by atomic mass is 32.1. The summed E-state index contributed by atoms with van der Waals surface area (Å²) in [5.74, 6) is 0.882. The number of morpholine rings is 1. The van der Waals surface area contributed by atoms with E-state index < -0.39 is 0 Å². The monoisotopic (exact) mass is 333 g/mol. The van der Waals surface area contributed by atoms with Crippen molar-refractivity contribution in [2.75, 3.05) is 39.4 Å². The number of para-hydroxylation sites is 1. The third kappa shape index (κ3) is 5.58. The van der Waals surface area contributed by atoms with Crippen LogP contribution < -0.4 is 10.1 Å². The van der Waals surface area contributed by atoms with E-state index in [9.17, 15) is 0 Å². The van der Waals surface area contributed by atoms with Gasteiger partial charge in [-0.1, -0.05) is 18.2 Å². The van der Waals surface area contributed by atoms with Crippen molar-refractivity contribution in [3.05, 3.63) is 46.4 Å². The van der Waals surface area contributed by atoms with Gasteiger partial charge in [0.15, 0.2) is 0 Å². The lowest BCUT2D eigenvalue weighted by Crippen LogP contribution is -2.40. The maximum absolute atomic E-state index is 5.72. The van der Waals surface area contributed by atoms with E-state index in [2.05, 4.69) is 20.6 Å². The largest absolute Gasteiger partial charge is 0.486 e. The Balaban J connectivity index is 1.34. The predicted octanol–water partition coefficient (Wildman–Crippen LogP) is 2.14. The molecule has 1 fully saturated rings. The van der Waals surface area contributed by atoms with Gasteiger partial charge in [0.1, 0.15) is 17.4 Å². The SMILES string of the molecule is c1ccc(OCc2nc(CNCCN3CCOCC3)cs2)cc1. The molecule has 0 radical (unpaired) electrons. The molecule has 0 atom stereocenters. The van der Waals surface area contributed by atoms with E-state index in [1.165, 1.54) is 0 Å². The second-order valence-corrected chi connectivity index (χ2v) is 6.41. The molecule has 0 amide bonds. The fraction of sp³-hybridized carbons (Fsp3) is 0.471. The smallest absolute Gasteiger partial charge is 0.140 e. The molecule has 0 bridgehead atoms. The van der Waals surface area contributed by atoms with Crippen LogP contribution in [0.3, 0.4) is 0 Å². The maximum atomic E-state index is 5.72. The van der Waals surface area contributed by atoms with Crippen molar-refractivity contribution in [3.8, 4) is 5.75 Å². The molecule has 0 aliphatic carbocycles. The van der Waals surface area contributed by atoms with Gasteiger partial charge in [-0.05, 0) is 12.1 Å². The molecule has 1 aliphatic heterocycles. The molecular formula is C17H23N3O2S. The van der Waals surface area contributed by atoms with E-state index in [0.717, 1.165) is 62.4 Å². The summed E-state index contributed by atoms with van der Waals surface area (Å²) in [6, 6.07) is 9.85. The molecule has 1 aromatic carbocycles. The number of thiazole rings is 1. The first-order valence-corrected chi connectivity index (χ1v) is 8.90. The van der Waals surface area contributed by atoms with E-state index in [0.29, 0.717) is 6.61 Å². The molecule has 3 rings (SSSR count). The fourth-order valence-corrected chi connectivity index (χ4v) is 3.14. The molecule has 2 aromatic rings. The summed E-state index contributed by atoms with van der Waals surface area (Å²) in [5, 5.41) is 6.57. The lowest BCUT2D eigenvalue weighted by molar-refractivity contribution is 0.0384. The van der Waals surface area contributed by atoms with Gasteiger partial charge in [0.25, 0.3) is 0 Å². The van der Waals surface area contributed by atoms with Crippen molar-refractivity contribution in [1.82, 2.24) is 15.2 Å². The summed E-state index contributed by atoms with van der Waals surface area (Å²) < 4.78 is 11.1. The maximum Gasteiger partial charge on any atom is 0.140 e. The Labute approximate surface area is 141 Å². The minimum absolute atomic E-state index is 0.530. The first kappa shape index (κ1) is 16.4. The third-order valence-corrected chi connectivity index (χ3v) is 4.59. The van der Waals surface area contributed by atoms with Crippen LogP contribution >= 0.6 is 11.3 Å². The Kier molecular flexibility index (Phi) is 6.40. The first-order valence-electron chi connectivity index (χ1n) is 8.02. The van der Waals surface area contributed by atoms with Gasteiger partial charge in [-0.25, -0.2) is 4.98 Å². The van der Waals surface area contributed by atoms with E-state index in [1.807, 2.05) is 30.3 Å². The molecular weight excluding hydrogens is 310 g/mol. The van der Waals surface area contributed by atoms with Crippen molar-refractivity contribution in [2.24, 2.45) is 0 Å². The Bertz CT molecular complexity index is 570. The van der Waals surface area contributed by atoms with Crippen molar-refractivity contribution >= 4 is 11.3 Å². The van der Waals surface area contributed by atoms with Crippen LogP contribution in [-0.4, -0.2) is 49.3 Å². The van der Waals surface area contributed by atoms with Crippen LogP contribution in [0.15, 0.2) is 35.7 Å². The minimum Gasteiger partial charge on any atom is -0.486 e. The average Bonchev–Trinajstić information content (AvgIpc) is 3.07. The van der Waals surface area contributed by atoms with E-state index >= 15 is 0 Å². The lowest BCUT2D eigenvalue weighted by atomic mass is 10.3. The second-order valence-electron chi connectivity index (χ2n) is 5.47. The topological polar surface area (TPSA) is 46.6 Å². The lowest BCUT2D eigenvalue weighted by Gasteiger charge is -2.26. The van der Waals surface area contributed by atoms with Crippen molar-refractivity contribution in [2.45, 2.75) is 13.2 Å². The minimum atomic E-state index is 0.530. The molecule has 0 spiro atoms. The Morgan fingerprint density at radius 1 is 1.22 bits per heavy atom. The van der Waals surface area contributed by atoms with Gasteiger partial charge in [-0.2, -0.15) is 0 Å². The molecule has 6 heteroatoms. The van der Waals surface area contributed by atoms with E-state index in [1.54, 1.807) is 11.3 Å². The second kappa shape index (κ2) is 8.98. The normalized spacial score (nSPS) is 15.7. The van der Waals surface area contributed by atoms with Crippen LogP contribution in [0, 0.1) is 0 Å². The zero-order valence-corrected chi connectivity index (χ0v) is 14.1. The van der Waals surface area contributed by atoms with Crippen LogP contribution in [0.1, 0.15) is 10.7 Å². The molecule has 5 nitrogen and oxygen atoms in total. The molecule has 1 aromatic heterocycles. The highest BCUT2D eigenvalue weighted by Gasteiger charge is 2.09. The summed E-state index contributed by atoms with van der Waals surface area (Å²) in [7, 11) is 0. The number of hydrogen-bond acceptors (Lipinski definition) is 6. The number of benzene rings is 1. The molecule has 0 unspecified atom stereocenters. The van der Waals surface area contributed by atoms with Gasteiger partial charge >= 0.3 is 0 Å². The zero-order chi connectivity index (χ0) is 15.7. The summed E-state index contributed by atoms with van der Waals surface area (Å²) in [5.41, 5.74) is 1.09. The van der Waals surface area contributed by atoms with Gasteiger partial charge in [-0.3, -0.25) is 4.90 Å². The zero-order valence-electron chi connectivity index (χ0n) is 13.2. The Morgan fingerprint density at radius 3 is 2.87 bits per heavy atom. The van der Waals surface area contributed by atoms with E-state index in [4.69, 9.17) is 9.47 Å². The molecule has 23 heavy (non-hydrogen) atoms. The van der Waals surface area contributed by atoms with Crippen molar-refractivity contribution in [1.29, 1.82) is 0 Å². The quantitative estimate of drug-likeness (QED) is 0.750. The average molecular weight is 333 g/mol. The highest BCUT2D eigenvalue weighted by molar-refractivity contribution is 7.09. The van der Waals surface area contributed by atoms with Gasteiger partial charge in [0.2, 0.25) is 0 Å². The number of nitrogens with one attached hydrogen (secondary N) is 1. The predicted molar refractivity (Wildman–Crippen MR) is 91.9 cm³/mol. The van der Waals surface area contributed by atoms with Gasteiger partial charge < -0.3 is 14.8 Å². The molecule has 1 aliphatic rings. The molecule has 1 saturated heterocycles. The summed E-state index contributed by atoms with van der Waals surface area (Å²) >= 11 is 1.65. The van der Waals surface area contributed by atoms with Gasteiger partial charge in [0, 0.05) is 38.1 Å². The molecule has 1 N–H and O–H groups in total. The van der Waals surface area contributed by atoms with Crippen molar-refractivity contribution < 1.29 is 9.47 Å². The van der Waals surface area contributed by atoms with Crippen LogP contribution in [0.2, 0.25) is 0 Å². The Hall–Kier alpha value is -1.47. The highest BCUT2D eigenvalue weighted by Crippen LogP contribution is 2.14. The van der Waals surface area contributed by atoms with Crippen molar-refractivity contribution in [3.63, 3.8) is 0 Å². The summed E-state index contributed by atoms with van der Waals surface area (Å²) in [6.45, 7) is 7.19. The number of nitrogens with zero attached hydrogens (tertiary/aromatic N) is 2. The fourth-order valence-electron chi connectivity index (χ4n) is 2.44. The molecule has 2 heterocycles. The number of hydrogen-bond donors (Lipinski definition) is 1.